The number of rotatable bonds is 7. The molecule has 6 fully saturated rings. The van der Waals surface area contributed by atoms with E-state index in [1.807, 2.05) is 5.12 Å². The van der Waals surface area contributed by atoms with E-state index in [0.29, 0.717) is 31.1 Å². The van der Waals surface area contributed by atoms with Crippen LogP contribution in [0.3, 0.4) is 0 Å². The Labute approximate surface area is 303 Å². The zero-order valence-electron chi connectivity index (χ0n) is 31.1. The van der Waals surface area contributed by atoms with Gasteiger partial charge in [0.1, 0.15) is 23.2 Å². The molecule has 6 N–H and O–H groups in total. The maximum atomic E-state index is 14.4. The van der Waals surface area contributed by atoms with Gasteiger partial charge in [0.25, 0.3) is 0 Å². The molecule has 6 aliphatic rings. The molecule has 3 unspecified atom stereocenters. The number of nitrogens with zero attached hydrogens (tertiary/aromatic N) is 2. The monoisotopic (exact) mass is 717 g/mol. The molecule has 288 valence electrons. The highest BCUT2D eigenvalue weighted by Crippen LogP contribution is 2.47. The molecule has 14 heteroatoms. The van der Waals surface area contributed by atoms with Gasteiger partial charge in [-0.3, -0.25) is 9.59 Å². The van der Waals surface area contributed by atoms with Crippen LogP contribution in [0.15, 0.2) is 0 Å². The number of amides is 3. The van der Waals surface area contributed by atoms with E-state index in [0.717, 1.165) is 70.8 Å². The smallest absolute Gasteiger partial charge is 0.408 e. The number of hydrogen-bond acceptors (Lipinski definition) is 10. The fraction of sp³-hybridized carbons (Fsp3) is 0.892. The second-order valence-electron chi connectivity index (χ2n) is 17.2. The molecule has 3 heterocycles. The third-order valence-electron chi connectivity index (χ3n) is 12.1. The summed E-state index contributed by atoms with van der Waals surface area (Å²) in [4.78, 5) is 55.4. The van der Waals surface area contributed by atoms with Crippen LogP contribution in [0.1, 0.15) is 136 Å². The first kappa shape index (κ1) is 38.2. The Morgan fingerprint density at radius 1 is 0.922 bits per heavy atom. The lowest BCUT2D eigenvalue weighted by atomic mass is 9.85. The summed E-state index contributed by atoms with van der Waals surface area (Å²) in [6.45, 7) is 6.40. The average molecular weight is 718 g/mol. The summed E-state index contributed by atoms with van der Waals surface area (Å²) in [5, 5.41) is 17.8. The highest BCUT2D eigenvalue weighted by atomic mass is 16.6. The fourth-order valence-electron chi connectivity index (χ4n) is 9.15. The van der Waals surface area contributed by atoms with E-state index in [4.69, 9.17) is 9.47 Å². The standard InChI is InChI=1S/C37H63N7O7/c1-36(2,3)51-35(49)38-29-18-11-6-4-5-10-16-26-21-37(26,34(47)48)39-32(45)30-20-27(22-43(30)33(29)46)44-41-31(40-42-44)25-15-12-17-28(19-25)50-23-24-13-8-7-9-14-24/h24-31,40-42H,4-23H2,1-3H3,(H,38,49)(H,39,45)(H,47,48)/t25?,26-,27+,28?,29-,30+,31?,37+/m1/s1. The van der Waals surface area contributed by atoms with Crippen molar-refractivity contribution >= 4 is 23.9 Å². The molecular formula is C37H63N7O7. The van der Waals surface area contributed by atoms with E-state index in [1.54, 1.807) is 25.7 Å². The third kappa shape index (κ3) is 9.73. The normalized spacial score (nSPS) is 36.3. The maximum absolute atomic E-state index is 14.4. The number of alkyl carbamates (subject to hydrolysis) is 1. The molecule has 0 aromatic heterocycles. The molecule has 0 radical (unpaired) electrons. The number of fused-ring (bicyclic) bond motifs is 2. The lowest BCUT2D eigenvalue weighted by molar-refractivity contribution is -0.146. The first-order valence-corrected chi connectivity index (χ1v) is 20.0. The summed E-state index contributed by atoms with van der Waals surface area (Å²) < 4.78 is 12.0. The predicted octanol–water partition coefficient (Wildman–Crippen LogP) is 3.86. The average Bonchev–Trinajstić information content (AvgIpc) is 3.39. The van der Waals surface area contributed by atoms with E-state index in [2.05, 4.69) is 27.0 Å². The van der Waals surface area contributed by atoms with Gasteiger partial charge in [0.05, 0.1) is 18.3 Å². The molecule has 0 spiro atoms. The van der Waals surface area contributed by atoms with E-state index in [-0.39, 0.29) is 36.7 Å². The number of hydrogen-bond donors (Lipinski definition) is 6. The van der Waals surface area contributed by atoms with E-state index >= 15 is 0 Å². The van der Waals surface area contributed by atoms with Crippen LogP contribution < -0.4 is 27.0 Å². The van der Waals surface area contributed by atoms with Crippen LogP contribution in [0, 0.1) is 17.8 Å². The largest absolute Gasteiger partial charge is 0.479 e. The Morgan fingerprint density at radius 2 is 1.63 bits per heavy atom. The van der Waals surface area contributed by atoms with Gasteiger partial charge < -0.3 is 30.1 Å². The van der Waals surface area contributed by atoms with E-state index in [9.17, 15) is 24.3 Å². The number of ether oxygens (including phenoxy) is 2. The number of hydrazine groups is 3. The fourth-order valence-corrected chi connectivity index (χ4v) is 9.15. The summed E-state index contributed by atoms with van der Waals surface area (Å²) in [5.74, 6) is -0.937. The van der Waals surface area contributed by atoms with E-state index in [1.165, 1.54) is 32.1 Å². The van der Waals surface area contributed by atoms with Gasteiger partial charge in [0.2, 0.25) is 11.8 Å². The Kier molecular flexibility index (Phi) is 12.5. The number of carbonyl (C=O) groups excluding carboxylic acids is 3. The quantitative estimate of drug-likeness (QED) is 0.226. The minimum Gasteiger partial charge on any atom is -0.479 e. The molecule has 14 nitrogen and oxygen atoms in total. The van der Waals surface area contributed by atoms with Crippen LogP contribution in [0.5, 0.6) is 0 Å². The topological polar surface area (TPSA) is 174 Å². The van der Waals surface area contributed by atoms with Crippen molar-refractivity contribution in [2.45, 2.75) is 178 Å². The van der Waals surface area contributed by atoms with Crippen LogP contribution in [-0.2, 0) is 23.9 Å². The van der Waals surface area contributed by atoms with Crippen molar-refractivity contribution in [3.8, 4) is 0 Å². The van der Waals surface area contributed by atoms with Crippen LogP contribution in [0.4, 0.5) is 4.79 Å². The van der Waals surface area contributed by atoms with Crippen molar-refractivity contribution in [2.75, 3.05) is 13.2 Å². The van der Waals surface area contributed by atoms with Gasteiger partial charge in [-0.25, -0.2) is 20.4 Å². The molecule has 6 rings (SSSR count). The van der Waals surface area contributed by atoms with Crippen LogP contribution in [-0.4, -0.2) is 93.7 Å². The Bertz CT molecular complexity index is 1240. The van der Waals surface area contributed by atoms with Gasteiger partial charge in [0.15, 0.2) is 0 Å². The number of carbonyl (C=O) groups is 4. The molecular weight excluding hydrogens is 654 g/mol. The maximum Gasteiger partial charge on any atom is 0.408 e. The first-order chi connectivity index (χ1) is 24.4. The molecule has 3 aliphatic heterocycles. The molecule has 3 amide bonds. The van der Waals surface area contributed by atoms with Crippen LogP contribution in [0.25, 0.3) is 0 Å². The van der Waals surface area contributed by atoms with Crippen LogP contribution in [0.2, 0.25) is 0 Å². The summed E-state index contributed by atoms with van der Waals surface area (Å²) in [7, 11) is 0. The third-order valence-corrected chi connectivity index (χ3v) is 12.1. The van der Waals surface area contributed by atoms with E-state index < -0.39 is 41.2 Å². The highest BCUT2D eigenvalue weighted by Gasteiger charge is 2.62. The summed E-state index contributed by atoms with van der Waals surface area (Å²) in [6.07, 6.45) is 16.5. The number of nitrogens with one attached hydrogen (secondary N) is 5. The molecule has 3 saturated heterocycles. The molecule has 51 heavy (non-hydrogen) atoms. The number of carboxylic acid groups (broad SMARTS) is 1. The first-order valence-electron chi connectivity index (χ1n) is 20.0. The Hall–Kier alpha value is -2.52. The SMILES string of the molecule is CC(C)(C)OC(=O)N[C@@H]1CCCCCCC[C@@H]2C[C@]2(C(=O)O)NC(=O)[C@@H]2C[C@H](N3NNC(C4CCCC(OCC5CCCCC5)C4)N3)CN2C1=O. The Morgan fingerprint density at radius 3 is 2.37 bits per heavy atom. The van der Waals surface area contributed by atoms with Crippen molar-refractivity contribution in [2.24, 2.45) is 17.8 Å². The lowest BCUT2D eigenvalue weighted by Gasteiger charge is -2.34. The van der Waals surface area contributed by atoms with Gasteiger partial charge in [-0.2, -0.15) is 10.7 Å². The predicted molar refractivity (Wildman–Crippen MR) is 189 cm³/mol. The molecule has 0 aromatic carbocycles. The summed E-state index contributed by atoms with van der Waals surface area (Å²) in [6, 6.07) is -2.07. The van der Waals surface area contributed by atoms with Crippen LogP contribution >= 0.6 is 0 Å². The lowest BCUT2D eigenvalue weighted by Crippen LogP contribution is -2.56. The summed E-state index contributed by atoms with van der Waals surface area (Å²) in [5.41, 5.74) is 8.22. The molecule has 0 bridgehead atoms. The molecule has 3 aliphatic carbocycles. The zero-order chi connectivity index (χ0) is 36.2. The van der Waals surface area contributed by atoms with Gasteiger partial charge in [-0.05, 0) is 96.3 Å². The second-order valence-corrected chi connectivity index (χ2v) is 17.2. The number of carboxylic acids is 1. The minimum atomic E-state index is -1.30. The van der Waals surface area contributed by atoms with Gasteiger partial charge >= 0.3 is 12.1 Å². The van der Waals surface area contributed by atoms with Crippen molar-refractivity contribution in [3.63, 3.8) is 0 Å². The molecule has 0 aromatic rings. The van der Waals surface area contributed by atoms with Crippen molar-refractivity contribution in [1.29, 1.82) is 0 Å². The van der Waals surface area contributed by atoms with Gasteiger partial charge in [-0.1, -0.05) is 57.8 Å². The molecule has 8 atom stereocenters. The zero-order valence-corrected chi connectivity index (χ0v) is 31.1. The second kappa shape index (κ2) is 16.7. The summed E-state index contributed by atoms with van der Waals surface area (Å²) >= 11 is 0. The van der Waals surface area contributed by atoms with Gasteiger partial charge in [0, 0.05) is 13.2 Å². The highest BCUT2D eigenvalue weighted by molar-refractivity contribution is 5.96. The van der Waals surface area contributed by atoms with Crippen molar-refractivity contribution in [1.82, 2.24) is 37.0 Å². The van der Waals surface area contributed by atoms with Gasteiger partial charge in [-0.15, -0.1) is 0 Å². The van der Waals surface area contributed by atoms with Crippen molar-refractivity contribution in [3.05, 3.63) is 0 Å². The number of aliphatic carboxylic acids is 1. The minimum absolute atomic E-state index is 0.0438. The van der Waals surface area contributed by atoms with Crippen molar-refractivity contribution < 1.29 is 33.8 Å². The Balaban J connectivity index is 1.14. The molecule has 3 saturated carbocycles.